The van der Waals surface area contributed by atoms with Crippen molar-refractivity contribution in [2.75, 3.05) is 0 Å². The van der Waals surface area contributed by atoms with Crippen LogP contribution in [0.1, 0.15) is 19.3 Å². The first-order valence-electron chi connectivity index (χ1n) is 4.89. The monoisotopic (exact) mass is 277 g/mol. The van der Waals surface area contributed by atoms with E-state index in [-0.39, 0.29) is 12.8 Å². The number of Topliss-reactive ketones (excluding diaryl/α,β-unsaturated/α-hetero) is 1. The lowest BCUT2D eigenvalue weighted by Crippen LogP contribution is -2.31. The molecular formula is C9H15N3O7. The minimum Gasteiger partial charge on any atom is -0.480 e. The summed E-state index contributed by atoms with van der Waals surface area (Å²) in [5, 5.41) is 16.1. The second-order valence-electron chi connectivity index (χ2n) is 3.32. The van der Waals surface area contributed by atoms with Gasteiger partial charge in [0.25, 0.3) is 0 Å². The van der Waals surface area contributed by atoms with Crippen LogP contribution in [0.15, 0.2) is 0 Å². The lowest BCUT2D eigenvalue weighted by atomic mass is 10.2. The first kappa shape index (κ1) is 18.9. The van der Waals surface area contributed by atoms with Crippen molar-refractivity contribution in [1.82, 2.24) is 0 Å². The van der Waals surface area contributed by atoms with E-state index in [0.717, 1.165) is 0 Å². The van der Waals surface area contributed by atoms with Crippen LogP contribution in [0.2, 0.25) is 0 Å². The average Bonchev–Trinajstić information content (AvgIpc) is 2.25. The van der Waals surface area contributed by atoms with E-state index in [1.807, 2.05) is 0 Å². The van der Waals surface area contributed by atoms with Crippen molar-refractivity contribution < 1.29 is 34.2 Å². The Labute approximate surface area is 107 Å². The number of carbonyl (C=O) groups is 5. The zero-order valence-corrected chi connectivity index (χ0v) is 9.87. The van der Waals surface area contributed by atoms with E-state index < -0.39 is 42.0 Å². The molecule has 8 N–H and O–H groups in total. The molecule has 0 saturated carbocycles. The van der Waals surface area contributed by atoms with Crippen LogP contribution < -0.4 is 17.2 Å². The van der Waals surface area contributed by atoms with Crippen LogP contribution in [-0.4, -0.2) is 45.8 Å². The van der Waals surface area contributed by atoms with Crippen molar-refractivity contribution in [2.45, 2.75) is 25.3 Å². The lowest BCUT2D eigenvalue weighted by molar-refractivity contribution is -0.150. The van der Waals surface area contributed by atoms with Crippen LogP contribution >= 0.6 is 0 Å². The van der Waals surface area contributed by atoms with Crippen molar-refractivity contribution in [3.05, 3.63) is 0 Å². The van der Waals surface area contributed by atoms with Gasteiger partial charge in [-0.25, -0.2) is 4.79 Å². The fourth-order valence-electron chi connectivity index (χ4n) is 0.655. The van der Waals surface area contributed by atoms with Gasteiger partial charge in [-0.1, -0.05) is 0 Å². The number of nitrogens with two attached hydrogens (primary N) is 3. The number of primary amides is 2. The second-order valence-corrected chi connectivity index (χ2v) is 3.32. The van der Waals surface area contributed by atoms with Gasteiger partial charge in [0.15, 0.2) is 0 Å². The molecule has 0 heterocycles. The van der Waals surface area contributed by atoms with Crippen LogP contribution in [0.3, 0.4) is 0 Å². The van der Waals surface area contributed by atoms with E-state index in [4.69, 9.17) is 21.7 Å². The molecule has 0 rings (SSSR count). The van der Waals surface area contributed by atoms with Gasteiger partial charge in [-0.15, -0.1) is 0 Å². The van der Waals surface area contributed by atoms with Crippen LogP contribution in [0, 0.1) is 0 Å². The number of carboxylic acid groups (broad SMARTS) is 2. The maximum atomic E-state index is 10.1. The summed E-state index contributed by atoms with van der Waals surface area (Å²) in [5.74, 6) is -5.38. The third-order valence-electron chi connectivity index (χ3n) is 1.59. The lowest BCUT2D eigenvalue weighted by Gasteiger charge is -2.01. The highest BCUT2D eigenvalue weighted by atomic mass is 16.4. The molecule has 0 aliphatic carbocycles. The summed E-state index contributed by atoms with van der Waals surface area (Å²) in [6.45, 7) is 0. The van der Waals surface area contributed by atoms with E-state index in [1.54, 1.807) is 0 Å². The summed E-state index contributed by atoms with van der Waals surface area (Å²) in [7, 11) is 0. The van der Waals surface area contributed by atoms with Gasteiger partial charge in [-0.05, 0) is 6.42 Å². The minimum absolute atomic E-state index is 0.0213. The zero-order chi connectivity index (χ0) is 15.6. The Balaban J connectivity index is 0. The SMILES string of the molecule is NC(=O)CC(=O)C(=O)O.NC(=O)CC[C@H](N)C(=O)O. The number of amides is 2. The second kappa shape index (κ2) is 9.53. The maximum Gasteiger partial charge on any atom is 0.372 e. The summed E-state index contributed by atoms with van der Waals surface area (Å²) in [4.78, 5) is 49.7. The van der Waals surface area contributed by atoms with Gasteiger partial charge in [0.1, 0.15) is 6.04 Å². The predicted molar refractivity (Wildman–Crippen MR) is 60.5 cm³/mol. The third kappa shape index (κ3) is 13.4. The van der Waals surface area contributed by atoms with E-state index >= 15 is 0 Å². The number of carboxylic acids is 2. The topological polar surface area (TPSA) is 204 Å². The molecular weight excluding hydrogens is 262 g/mol. The highest BCUT2D eigenvalue weighted by molar-refractivity contribution is 6.36. The van der Waals surface area contributed by atoms with Gasteiger partial charge < -0.3 is 27.4 Å². The molecule has 0 aliphatic heterocycles. The molecule has 0 aliphatic rings. The number of hydrogen-bond acceptors (Lipinski definition) is 6. The van der Waals surface area contributed by atoms with Crippen LogP contribution in [0.4, 0.5) is 0 Å². The van der Waals surface area contributed by atoms with Crippen molar-refractivity contribution in [2.24, 2.45) is 17.2 Å². The Morgan fingerprint density at radius 3 is 1.63 bits per heavy atom. The van der Waals surface area contributed by atoms with E-state index in [1.165, 1.54) is 0 Å². The maximum absolute atomic E-state index is 10.1. The largest absolute Gasteiger partial charge is 0.480 e. The van der Waals surface area contributed by atoms with Gasteiger partial charge in [-0.3, -0.25) is 19.2 Å². The highest BCUT2D eigenvalue weighted by Crippen LogP contribution is 1.92. The standard InChI is InChI=1S/C5H10N2O3.C4H5NO4/c6-3(5(9)10)1-2-4(7)8;5-3(7)1-2(6)4(8)9/h3H,1-2,6H2,(H2,7,8)(H,9,10);1H2,(H2,5,7)(H,8,9)/t3-;/m0./s1. The summed E-state index contributed by atoms with van der Waals surface area (Å²) in [5.41, 5.74) is 14.3. The summed E-state index contributed by atoms with van der Waals surface area (Å²) >= 11 is 0. The third-order valence-corrected chi connectivity index (χ3v) is 1.59. The Morgan fingerprint density at radius 2 is 1.42 bits per heavy atom. The molecule has 0 aromatic heterocycles. The highest BCUT2D eigenvalue weighted by Gasteiger charge is 2.13. The molecule has 0 spiro atoms. The smallest absolute Gasteiger partial charge is 0.372 e. The van der Waals surface area contributed by atoms with Crippen LogP contribution in [-0.2, 0) is 24.0 Å². The van der Waals surface area contributed by atoms with E-state index in [2.05, 4.69) is 5.73 Å². The molecule has 0 saturated heterocycles. The van der Waals surface area contributed by atoms with E-state index in [0.29, 0.717) is 0 Å². The fraction of sp³-hybridized carbons (Fsp3) is 0.444. The predicted octanol–water partition coefficient (Wildman–Crippen LogP) is -2.82. The number of aliphatic carboxylic acids is 2. The molecule has 10 heteroatoms. The fourth-order valence-corrected chi connectivity index (χ4v) is 0.655. The number of rotatable bonds is 7. The average molecular weight is 277 g/mol. The van der Waals surface area contributed by atoms with E-state index in [9.17, 15) is 24.0 Å². The summed E-state index contributed by atoms with van der Waals surface area (Å²) < 4.78 is 0. The molecule has 10 nitrogen and oxygen atoms in total. The molecule has 0 aromatic rings. The van der Waals surface area contributed by atoms with Gasteiger partial charge in [0, 0.05) is 6.42 Å². The van der Waals surface area contributed by atoms with Crippen molar-refractivity contribution in [3.63, 3.8) is 0 Å². The first-order chi connectivity index (χ1) is 8.57. The minimum atomic E-state index is -1.63. The molecule has 0 bridgehead atoms. The number of hydrogen-bond donors (Lipinski definition) is 5. The Bertz CT molecular complexity index is 380. The normalized spacial score (nSPS) is 10.6. The van der Waals surface area contributed by atoms with Gasteiger partial charge in [-0.2, -0.15) is 0 Å². The van der Waals surface area contributed by atoms with Gasteiger partial charge in [0.2, 0.25) is 17.6 Å². The Morgan fingerprint density at radius 1 is 0.947 bits per heavy atom. The van der Waals surface area contributed by atoms with Crippen molar-refractivity contribution in [1.29, 1.82) is 0 Å². The molecule has 108 valence electrons. The molecule has 2 amide bonds. The molecule has 0 unspecified atom stereocenters. The molecule has 0 aromatic carbocycles. The Kier molecular flexibility index (Phi) is 9.46. The van der Waals surface area contributed by atoms with Crippen LogP contribution in [0.5, 0.6) is 0 Å². The van der Waals surface area contributed by atoms with Crippen molar-refractivity contribution in [3.8, 4) is 0 Å². The Hall–Kier alpha value is -2.49. The summed E-state index contributed by atoms with van der Waals surface area (Å²) in [6.07, 6.45) is -0.604. The molecule has 0 radical (unpaired) electrons. The first-order valence-corrected chi connectivity index (χ1v) is 4.89. The van der Waals surface area contributed by atoms with Gasteiger partial charge in [0.05, 0.1) is 6.42 Å². The van der Waals surface area contributed by atoms with Crippen LogP contribution in [0.25, 0.3) is 0 Å². The van der Waals surface area contributed by atoms with Gasteiger partial charge >= 0.3 is 11.9 Å². The molecule has 0 fully saturated rings. The zero-order valence-electron chi connectivity index (χ0n) is 9.87. The summed E-state index contributed by atoms with van der Waals surface area (Å²) in [6, 6.07) is -0.979. The quantitative estimate of drug-likeness (QED) is 0.242. The number of carbonyl (C=O) groups excluding carboxylic acids is 3. The molecule has 19 heavy (non-hydrogen) atoms. The number of ketones is 1. The molecule has 1 atom stereocenters. The van der Waals surface area contributed by atoms with Crippen molar-refractivity contribution >= 4 is 29.5 Å².